The normalized spacial score (nSPS) is 15.5. The first-order valence-corrected chi connectivity index (χ1v) is 11.1. The number of rotatable bonds is 5. The molecule has 2 heterocycles. The van der Waals surface area contributed by atoms with E-state index in [-0.39, 0.29) is 17.8 Å². The Morgan fingerprint density at radius 1 is 0.906 bits per heavy atom. The van der Waals surface area contributed by atoms with Gasteiger partial charge in [0.25, 0.3) is 5.91 Å². The molecule has 1 atom stereocenters. The van der Waals surface area contributed by atoms with Gasteiger partial charge in [0.2, 0.25) is 0 Å². The number of halogens is 1. The molecular formula is C27H25FN2O2. The molecule has 5 heteroatoms. The first kappa shape index (κ1) is 20.5. The van der Waals surface area contributed by atoms with Gasteiger partial charge >= 0.3 is 0 Å². The number of anilines is 1. The first-order chi connectivity index (χ1) is 15.7. The molecule has 0 aliphatic carbocycles. The van der Waals surface area contributed by atoms with E-state index in [4.69, 9.17) is 4.42 Å². The van der Waals surface area contributed by atoms with E-state index < -0.39 is 0 Å². The molecule has 0 spiro atoms. The largest absolute Gasteiger partial charge is 0.457 e. The van der Waals surface area contributed by atoms with Gasteiger partial charge in [-0.05, 0) is 67.9 Å². The van der Waals surface area contributed by atoms with E-state index >= 15 is 0 Å². The van der Waals surface area contributed by atoms with Crippen LogP contribution in [0.15, 0.2) is 83.3 Å². The second kappa shape index (κ2) is 8.97. The Labute approximate surface area is 186 Å². The fourth-order valence-corrected chi connectivity index (χ4v) is 4.54. The van der Waals surface area contributed by atoms with E-state index in [2.05, 4.69) is 10.2 Å². The number of amides is 1. The maximum absolute atomic E-state index is 14.2. The highest BCUT2D eigenvalue weighted by Crippen LogP contribution is 2.41. The molecule has 32 heavy (non-hydrogen) atoms. The molecule has 3 aromatic carbocycles. The van der Waals surface area contributed by atoms with Crippen molar-refractivity contribution in [3.05, 3.63) is 102 Å². The predicted octanol–water partition coefficient (Wildman–Crippen LogP) is 6.40. The molecular weight excluding hydrogens is 403 g/mol. The van der Waals surface area contributed by atoms with Crippen LogP contribution in [0.2, 0.25) is 0 Å². The van der Waals surface area contributed by atoms with Gasteiger partial charge in [-0.1, -0.05) is 48.9 Å². The van der Waals surface area contributed by atoms with E-state index in [1.54, 1.807) is 24.3 Å². The third-order valence-corrected chi connectivity index (χ3v) is 6.07. The molecule has 1 fully saturated rings. The minimum atomic E-state index is -0.288. The van der Waals surface area contributed by atoms with Gasteiger partial charge in [0, 0.05) is 10.9 Å². The van der Waals surface area contributed by atoms with Crippen molar-refractivity contribution >= 4 is 22.6 Å². The molecule has 1 aliphatic rings. The molecule has 162 valence electrons. The molecule has 0 bridgehead atoms. The molecule has 1 amide bonds. The number of piperidine rings is 1. The van der Waals surface area contributed by atoms with Crippen molar-refractivity contribution in [2.24, 2.45) is 0 Å². The fourth-order valence-electron chi connectivity index (χ4n) is 4.54. The third-order valence-electron chi connectivity index (χ3n) is 6.07. The summed E-state index contributed by atoms with van der Waals surface area (Å²) in [7, 11) is 0. The maximum atomic E-state index is 14.2. The van der Waals surface area contributed by atoms with Crippen molar-refractivity contribution in [3.63, 3.8) is 0 Å². The summed E-state index contributed by atoms with van der Waals surface area (Å²) in [6.07, 6.45) is 3.35. The summed E-state index contributed by atoms with van der Waals surface area (Å²) in [5.74, 6) is 0.161. The van der Waals surface area contributed by atoms with Gasteiger partial charge in [-0.15, -0.1) is 0 Å². The standard InChI is InChI=1S/C27H25FN2O2/c28-21-13-9-12-20(18-21)25(30-16-7-2-8-17-30)26-24(22-14-5-6-15-23(22)32-26)29-27(31)19-10-3-1-4-11-19/h1,3-6,9-15,18,25H,2,7-8,16-17H2,(H,29,31)/t25-/m0/s1. The van der Waals surface area contributed by atoms with Crippen molar-refractivity contribution < 1.29 is 13.6 Å². The van der Waals surface area contributed by atoms with Gasteiger partial charge < -0.3 is 9.73 Å². The number of nitrogens with one attached hydrogen (secondary N) is 1. The molecule has 1 saturated heterocycles. The van der Waals surface area contributed by atoms with Crippen molar-refractivity contribution in [1.29, 1.82) is 0 Å². The van der Waals surface area contributed by atoms with Crippen molar-refractivity contribution in [2.75, 3.05) is 18.4 Å². The summed E-state index contributed by atoms with van der Waals surface area (Å²) in [6.45, 7) is 1.79. The van der Waals surface area contributed by atoms with Gasteiger partial charge in [0.1, 0.15) is 17.2 Å². The molecule has 0 unspecified atom stereocenters. The Morgan fingerprint density at radius 3 is 2.44 bits per heavy atom. The van der Waals surface area contributed by atoms with Crippen molar-refractivity contribution in [2.45, 2.75) is 25.3 Å². The van der Waals surface area contributed by atoms with Crippen molar-refractivity contribution in [1.82, 2.24) is 4.90 Å². The number of carbonyl (C=O) groups is 1. The van der Waals surface area contributed by atoms with Crippen LogP contribution in [-0.2, 0) is 0 Å². The lowest BCUT2D eigenvalue weighted by molar-refractivity contribution is 0.102. The number of hydrogen-bond donors (Lipinski definition) is 1. The Kier molecular flexibility index (Phi) is 5.73. The van der Waals surface area contributed by atoms with Gasteiger partial charge in [0.15, 0.2) is 0 Å². The average Bonchev–Trinajstić information content (AvgIpc) is 3.18. The fraction of sp³-hybridized carbons (Fsp3) is 0.222. The van der Waals surface area contributed by atoms with Gasteiger partial charge in [0.05, 0.1) is 11.7 Å². The Morgan fingerprint density at radius 2 is 1.66 bits per heavy atom. The average molecular weight is 429 g/mol. The van der Waals surface area contributed by atoms with Crippen molar-refractivity contribution in [3.8, 4) is 0 Å². The Bertz CT molecular complexity index is 1230. The molecule has 4 nitrogen and oxygen atoms in total. The number of likely N-dealkylation sites (tertiary alicyclic amines) is 1. The number of hydrogen-bond acceptors (Lipinski definition) is 3. The van der Waals surface area contributed by atoms with Crippen LogP contribution >= 0.6 is 0 Å². The zero-order chi connectivity index (χ0) is 21.9. The Hall–Kier alpha value is -3.44. The van der Waals surface area contributed by atoms with Gasteiger partial charge in [-0.25, -0.2) is 4.39 Å². The van der Waals surface area contributed by atoms with E-state index in [0.29, 0.717) is 22.6 Å². The number of benzene rings is 3. The zero-order valence-corrected chi connectivity index (χ0v) is 17.8. The monoisotopic (exact) mass is 428 g/mol. The number of nitrogens with zero attached hydrogens (tertiary/aromatic N) is 1. The van der Waals surface area contributed by atoms with E-state index in [1.807, 2.05) is 48.5 Å². The summed E-state index contributed by atoms with van der Waals surface area (Å²) < 4.78 is 20.6. The van der Waals surface area contributed by atoms with Gasteiger partial charge in [-0.2, -0.15) is 0 Å². The lowest BCUT2D eigenvalue weighted by Gasteiger charge is -2.34. The highest BCUT2D eigenvalue weighted by Gasteiger charge is 2.31. The van der Waals surface area contributed by atoms with E-state index in [0.717, 1.165) is 36.9 Å². The summed E-state index contributed by atoms with van der Waals surface area (Å²) in [6, 6.07) is 23.2. The SMILES string of the molecule is O=C(Nc1c([C@H](c2cccc(F)c2)N2CCCCC2)oc2ccccc12)c1ccccc1. The molecule has 1 aromatic heterocycles. The number of para-hydroxylation sites is 1. The zero-order valence-electron chi connectivity index (χ0n) is 17.8. The highest BCUT2D eigenvalue weighted by molar-refractivity contribution is 6.09. The highest BCUT2D eigenvalue weighted by atomic mass is 19.1. The molecule has 4 aromatic rings. The molecule has 1 aliphatic heterocycles. The third kappa shape index (κ3) is 4.04. The lowest BCUT2D eigenvalue weighted by atomic mass is 9.98. The molecule has 0 saturated carbocycles. The van der Waals surface area contributed by atoms with E-state index in [1.165, 1.54) is 12.5 Å². The summed E-state index contributed by atoms with van der Waals surface area (Å²) >= 11 is 0. The van der Waals surface area contributed by atoms with Crippen LogP contribution in [0.1, 0.15) is 47.0 Å². The van der Waals surface area contributed by atoms with Crippen LogP contribution in [-0.4, -0.2) is 23.9 Å². The second-order valence-electron chi connectivity index (χ2n) is 8.21. The van der Waals surface area contributed by atoms with E-state index in [9.17, 15) is 9.18 Å². The second-order valence-corrected chi connectivity index (χ2v) is 8.21. The van der Waals surface area contributed by atoms with Crippen LogP contribution in [0.3, 0.4) is 0 Å². The van der Waals surface area contributed by atoms with Crippen LogP contribution in [0.4, 0.5) is 10.1 Å². The number of fused-ring (bicyclic) bond motifs is 1. The predicted molar refractivity (Wildman–Crippen MR) is 124 cm³/mol. The lowest BCUT2D eigenvalue weighted by Crippen LogP contribution is -2.34. The van der Waals surface area contributed by atoms with Crippen LogP contribution in [0, 0.1) is 5.82 Å². The minimum Gasteiger partial charge on any atom is -0.457 e. The number of furan rings is 1. The van der Waals surface area contributed by atoms with Crippen LogP contribution in [0.5, 0.6) is 0 Å². The topological polar surface area (TPSA) is 45.5 Å². The van der Waals surface area contributed by atoms with Crippen LogP contribution < -0.4 is 5.32 Å². The molecule has 1 N–H and O–H groups in total. The smallest absolute Gasteiger partial charge is 0.255 e. The summed E-state index contributed by atoms with van der Waals surface area (Å²) in [5.41, 5.74) is 2.74. The molecule has 0 radical (unpaired) electrons. The first-order valence-electron chi connectivity index (χ1n) is 11.1. The number of carbonyl (C=O) groups excluding carboxylic acids is 1. The maximum Gasteiger partial charge on any atom is 0.255 e. The van der Waals surface area contributed by atoms with Gasteiger partial charge in [-0.3, -0.25) is 9.69 Å². The van der Waals surface area contributed by atoms with Crippen LogP contribution in [0.25, 0.3) is 11.0 Å². The molecule has 5 rings (SSSR count). The summed E-state index contributed by atoms with van der Waals surface area (Å²) in [4.78, 5) is 15.4. The Balaban J connectivity index is 1.64. The minimum absolute atomic E-state index is 0.199. The quantitative estimate of drug-likeness (QED) is 0.400. The summed E-state index contributed by atoms with van der Waals surface area (Å²) in [5, 5.41) is 3.94.